The van der Waals surface area contributed by atoms with Crippen LogP contribution in [-0.4, -0.2) is 15.8 Å². The molecule has 1 saturated carbocycles. The largest absolute Gasteiger partial charge is 0.308 e. The van der Waals surface area contributed by atoms with Crippen molar-refractivity contribution in [1.29, 1.82) is 0 Å². The van der Waals surface area contributed by atoms with Crippen LogP contribution < -0.4 is 5.32 Å². The van der Waals surface area contributed by atoms with Crippen LogP contribution in [0.2, 0.25) is 0 Å². The monoisotopic (exact) mass is 263 g/mol. The molecule has 0 aliphatic heterocycles. The Morgan fingerprint density at radius 2 is 2.26 bits per heavy atom. The van der Waals surface area contributed by atoms with Crippen molar-refractivity contribution >= 4 is 0 Å². The lowest BCUT2D eigenvalue weighted by atomic mass is 9.84. The highest BCUT2D eigenvalue weighted by atomic mass is 15.3. The third-order valence-corrected chi connectivity index (χ3v) is 4.64. The number of rotatable bonds is 6. The number of nitrogens with zero attached hydrogens (tertiary/aromatic N) is 2. The molecule has 0 amide bonds. The van der Waals surface area contributed by atoms with Gasteiger partial charge < -0.3 is 5.32 Å². The summed E-state index contributed by atoms with van der Waals surface area (Å²) in [6.07, 6.45) is 10.1. The molecule has 1 aromatic heterocycles. The summed E-state index contributed by atoms with van der Waals surface area (Å²) in [6, 6.07) is 3.36. The molecular weight excluding hydrogens is 234 g/mol. The fourth-order valence-corrected chi connectivity index (χ4v) is 3.00. The Bertz CT molecular complexity index is 372. The molecule has 1 heterocycles. The summed E-state index contributed by atoms with van der Waals surface area (Å²) in [7, 11) is 0. The molecule has 0 radical (unpaired) electrons. The van der Waals surface area contributed by atoms with Gasteiger partial charge in [0.15, 0.2) is 0 Å². The highest BCUT2D eigenvalue weighted by molar-refractivity contribution is 4.99. The van der Waals surface area contributed by atoms with Gasteiger partial charge in [0.05, 0.1) is 5.69 Å². The average Bonchev–Trinajstić information content (AvgIpc) is 2.93. The summed E-state index contributed by atoms with van der Waals surface area (Å²) < 4.78 is 2.09. The minimum absolute atomic E-state index is 0.507. The average molecular weight is 263 g/mol. The molecule has 1 aromatic rings. The van der Waals surface area contributed by atoms with Gasteiger partial charge in [-0.05, 0) is 38.2 Å². The predicted octanol–water partition coefficient (Wildman–Crippen LogP) is 3.91. The summed E-state index contributed by atoms with van der Waals surface area (Å²) in [6.45, 7) is 7.67. The van der Waals surface area contributed by atoms with Crippen LogP contribution >= 0.6 is 0 Å². The maximum Gasteiger partial charge on any atom is 0.0762 e. The zero-order valence-electron chi connectivity index (χ0n) is 12.7. The predicted molar refractivity (Wildman–Crippen MR) is 80.1 cm³/mol. The van der Waals surface area contributed by atoms with E-state index in [0.717, 1.165) is 18.9 Å². The maximum atomic E-state index is 4.66. The second-order valence-electron chi connectivity index (χ2n) is 6.06. The van der Waals surface area contributed by atoms with Gasteiger partial charge in [0.1, 0.15) is 0 Å². The molecule has 108 valence electrons. The molecule has 1 fully saturated rings. The highest BCUT2D eigenvalue weighted by Crippen LogP contribution is 2.26. The molecule has 3 heteroatoms. The zero-order valence-corrected chi connectivity index (χ0v) is 12.7. The van der Waals surface area contributed by atoms with Crippen LogP contribution in [0.1, 0.15) is 71.0 Å². The molecule has 1 aliphatic rings. The van der Waals surface area contributed by atoms with E-state index in [4.69, 9.17) is 0 Å². The van der Waals surface area contributed by atoms with Crippen LogP contribution in [0.4, 0.5) is 0 Å². The van der Waals surface area contributed by atoms with Gasteiger partial charge in [-0.15, -0.1) is 0 Å². The number of hydrogen-bond donors (Lipinski definition) is 1. The van der Waals surface area contributed by atoms with E-state index in [0.29, 0.717) is 12.1 Å². The van der Waals surface area contributed by atoms with E-state index in [1.807, 2.05) is 0 Å². The van der Waals surface area contributed by atoms with Crippen LogP contribution in [0.15, 0.2) is 12.3 Å². The maximum absolute atomic E-state index is 4.66. The van der Waals surface area contributed by atoms with Gasteiger partial charge >= 0.3 is 0 Å². The third kappa shape index (κ3) is 4.07. The van der Waals surface area contributed by atoms with Gasteiger partial charge in [-0.25, -0.2) is 0 Å². The van der Waals surface area contributed by atoms with Crippen molar-refractivity contribution < 1.29 is 0 Å². The summed E-state index contributed by atoms with van der Waals surface area (Å²) in [5.74, 6) is 0.934. The Kier molecular flexibility index (Phi) is 5.44. The Labute approximate surface area is 117 Å². The first kappa shape index (κ1) is 14.6. The molecule has 2 rings (SSSR count). The first-order valence-corrected chi connectivity index (χ1v) is 8.00. The second kappa shape index (κ2) is 7.09. The first-order chi connectivity index (χ1) is 9.22. The molecular formula is C16H29N3. The fourth-order valence-electron chi connectivity index (χ4n) is 3.00. The number of hydrogen-bond acceptors (Lipinski definition) is 2. The minimum atomic E-state index is 0.507. The SMILES string of the molecule is CCC1CCCC(NCc2ccn(C(C)CC)n2)C1. The number of aromatic nitrogens is 2. The summed E-state index contributed by atoms with van der Waals surface area (Å²) in [4.78, 5) is 0. The Hall–Kier alpha value is -0.830. The van der Waals surface area contributed by atoms with Gasteiger partial charge in [0.2, 0.25) is 0 Å². The Morgan fingerprint density at radius 1 is 1.42 bits per heavy atom. The first-order valence-electron chi connectivity index (χ1n) is 8.00. The molecule has 1 N–H and O–H groups in total. The van der Waals surface area contributed by atoms with E-state index in [9.17, 15) is 0 Å². The van der Waals surface area contributed by atoms with E-state index in [2.05, 4.69) is 48.1 Å². The fraction of sp³-hybridized carbons (Fsp3) is 0.812. The summed E-state index contributed by atoms with van der Waals surface area (Å²) in [5.41, 5.74) is 1.18. The normalized spacial score (nSPS) is 25.4. The molecule has 19 heavy (non-hydrogen) atoms. The molecule has 0 spiro atoms. The van der Waals surface area contributed by atoms with E-state index >= 15 is 0 Å². The highest BCUT2D eigenvalue weighted by Gasteiger charge is 2.20. The van der Waals surface area contributed by atoms with Gasteiger partial charge in [-0.2, -0.15) is 5.10 Å². The van der Waals surface area contributed by atoms with Gasteiger partial charge in [-0.1, -0.05) is 33.1 Å². The van der Waals surface area contributed by atoms with Gasteiger partial charge in [-0.3, -0.25) is 4.68 Å². The minimum Gasteiger partial charge on any atom is -0.308 e. The van der Waals surface area contributed by atoms with Gasteiger partial charge in [0, 0.05) is 24.8 Å². The van der Waals surface area contributed by atoms with Crippen LogP contribution in [0.3, 0.4) is 0 Å². The quantitative estimate of drug-likeness (QED) is 0.843. The standard InChI is InChI=1S/C16H29N3/c1-4-13(3)19-10-9-16(18-19)12-17-15-8-6-7-14(5-2)11-15/h9-10,13-15,17H,4-8,11-12H2,1-3H3. The number of nitrogens with one attached hydrogen (secondary N) is 1. The van der Waals surface area contributed by atoms with Crippen LogP contribution in [0, 0.1) is 5.92 Å². The van der Waals surface area contributed by atoms with Crippen LogP contribution in [-0.2, 0) is 6.54 Å². The topological polar surface area (TPSA) is 29.9 Å². The summed E-state index contributed by atoms with van der Waals surface area (Å²) in [5, 5.41) is 8.36. The third-order valence-electron chi connectivity index (χ3n) is 4.64. The van der Waals surface area contributed by atoms with Crippen LogP contribution in [0.5, 0.6) is 0 Å². The van der Waals surface area contributed by atoms with Crippen molar-refractivity contribution in [2.45, 2.75) is 77.9 Å². The summed E-state index contributed by atoms with van der Waals surface area (Å²) >= 11 is 0. The smallest absolute Gasteiger partial charge is 0.0762 e. The molecule has 0 aromatic carbocycles. The van der Waals surface area contributed by atoms with Gasteiger partial charge in [0.25, 0.3) is 0 Å². The lowest BCUT2D eigenvalue weighted by Gasteiger charge is -2.29. The van der Waals surface area contributed by atoms with E-state index < -0.39 is 0 Å². The molecule has 1 aliphatic carbocycles. The molecule has 0 saturated heterocycles. The van der Waals surface area contributed by atoms with E-state index in [1.165, 1.54) is 37.8 Å². The molecule has 3 unspecified atom stereocenters. The van der Waals surface area contributed by atoms with Crippen molar-refractivity contribution in [1.82, 2.24) is 15.1 Å². The Morgan fingerprint density at radius 3 is 3.00 bits per heavy atom. The zero-order chi connectivity index (χ0) is 13.7. The van der Waals surface area contributed by atoms with E-state index in [-0.39, 0.29) is 0 Å². The lowest BCUT2D eigenvalue weighted by molar-refractivity contribution is 0.277. The lowest BCUT2D eigenvalue weighted by Crippen LogP contribution is -2.33. The van der Waals surface area contributed by atoms with E-state index in [1.54, 1.807) is 0 Å². The van der Waals surface area contributed by atoms with Crippen molar-refractivity contribution in [3.05, 3.63) is 18.0 Å². The van der Waals surface area contributed by atoms with Crippen LogP contribution in [0.25, 0.3) is 0 Å². The molecule has 3 nitrogen and oxygen atoms in total. The van der Waals surface area contributed by atoms with Crippen molar-refractivity contribution in [3.63, 3.8) is 0 Å². The molecule has 3 atom stereocenters. The van der Waals surface area contributed by atoms with Crippen molar-refractivity contribution in [3.8, 4) is 0 Å². The Balaban J connectivity index is 1.80. The van der Waals surface area contributed by atoms with Crippen molar-refractivity contribution in [2.75, 3.05) is 0 Å². The second-order valence-corrected chi connectivity index (χ2v) is 6.06. The van der Waals surface area contributed by atoms with Crippen molar-refractivity contribution in [2.24, 2.45) is 5.92 Å². The molecule has 0 bridgehead atoms.